The maximum absolute atomic E-state index is 13.5. The average molecular weight is 315 g/mol. The van der Waals surface area contributed by atoms with Crippen LogP contribution in [-0.4, -0.2) is 25.5 Å². The van der Waals surface area contributed by atoms with Gasteiger partial charge in [0.05, 0.1) is 22.8 Å². The third-order valence-corrected chi connectivity index (χ3v) is 3.39. The Hall–Kier alpha value is -3.03. The van der Waals surface area contributed by atoms with E-state index in [2.05, 4.69) is 15.5 Å². The normalized spacial score (nSPS) is 10.9. The van der Waals surface area contributed by atoms with Crippen molar-refractivity contribution in [1.29, 1.82) is 0 Å². The van der Waals surface area contributed by atoms with Crippen LogP contribution in [-0.2, 0) is 13.6 Å². The molecule has 8 heteroatoms. The zero-order valence-corrected chi connectivity index (χ0v) is 12.6. The molecule has 0 aliphatic carbocycles. The minimum Gasteiger partial charge on any atom is -0.318 e. The van der Waals surface area contributed by atoms with E-state index in [1.165, 1.54) is 27.7 Å². The van der Waals surface area contributed by atoms with E-state index in [9.17, 15) is 14.0 Å². The van der Waals surface area contributed by atoms with Crippen molar-refractivity contribution in [3.8, 4) is 0 Å². The van der Waals surface area contributed by atoms with E-state index in [-0.39, 0.29) is 11.1 Å². The van der Waals surface area contributed by atoms with Crippen molar-refractivity contribution < 1.29 is 9.18 Å². The quantitative estimate of drug-likeness (QED) is 0.795. The van der Waals surface area contributed by atoms with Crippen LogP contribution in [0.25, 0.3) is 10.9 Å². The van der Waals surface area contributed by atoms with Crippen molar-refractivity contribution >= 4 is 22.5 Å². The predicted octanol–water partition coefficient (Wildman–Crippen LogP) is 1.54. The number of carbonyl (C=O) groups is 1. The molecule has 0 radical (unpaired) electrons. The Morgan fingerprint density at radius 2 is 2.17 bits per heavy atom. The summed E-state index contributed by atoms with van der Waals surface area (Å²) in [5.74, 6) is -1.20. The summed E-state index contributed by atoms with van der Waals surface area (Å²) in [5, 5.41) is 10.7. The fraction of sp³-hybridized carbons (Fsp3) is 0.200. The van der Waals surface area contributed by atoms with E-state index >= 15 is 0 Å². The number of nitrogens with one attached hydrogen (secondary N) is 1. The second-order valence-corrected chi connectivity index (χ2v) is 5.01. The smallest absolute Gasteiger partial charge is 0.280 e. The summed E-state index contributed by atoms with van der Waals surface area (Å²) in [5.41, 5.74) is 0.0392. The molecule has 7 nitrogen and oxygen atoms in total. The molecular formula is C15H14FN5O2. The van der Waals surface area contributed by atoms with Crippen LogP contribution in [0.2, 0.25) is 0 Å². The van der Waals surface area contributed by atoms with E-state index in [0.717, 1.165) is 6.07 Å². The van der Waals surface area contributed by atoms with Crippen molar-refractivity contribution in [3.63, 3.8) is 0 Å². The number of rotatable bonds is 3. The second-order valence-electron chi connectivity index (χ2n) is 5.01. The second kappa shape index (κ2) is 5.64. The van der Waals surface area contributed by atoms with E-state index in [0.29, 0.717) is 17.7 Å². The molecule has 118 valence electrons. The summed E-state index contributed by atoms with van der Waals surface area (Å²) in [6.45, 7) is 2.26. The first-order chi connectivity index (χ1) is 11.0. The molecule has 3 aromatic rings. The summed E-state index contributed by atoms with van der Waals surface area (Å²) in [4.78, 5) is 24.8. The minimum atomic E-state index is -0.656. The van der Waals surface area contributed by atoms with Gasteiger partial charge in [-0.2, -0.15) is 10.2 Å². The largest absolute Gasteiger partial charge is 0.318 e. The molecule has 0 saturated heterocycles. The molecule has 0 fully saturated rings. The Morgan fingerprint density at radius 1 is 1.39 bits per heavy atom. The molecule has 0 unspecified atom stereocenters. The van der Waals surface area contributed by atoms with Gasteiger partial charge >= 0.3 is 0 Å². The van der Waals surface area contributed by atoms with Crippen LogP contribution in [0, 0.1) is 5.82 Å². The fourth-order valence-corrected chi connectivity index (χ4v) is 2.33. The summed E-state index contributed by atoms with van der Waals surface area (Å²) < 4.78 is 16.5. The maximum Gasteiger partial charge on any atom is 0.280 e. The molecule has 3 rings (SSSR count). The van der Waals surface area contributed by atoms with Gasteiger partial charge in [-0.15, -0.1) is 0 Å². The molecule has 2 aromatic heterocycles. The van der Waals surface area contributed by atoms with Crippen LogP contribution in [0.1, 0.15) is 17.4 Å². The number of hydrogen-bond donors (Lipinski definition) is 1. The Balaban J connectivity index is 2.11. The minimum absolute atomic E-state index is 0.123. The molecule has 2 heterocycles. The van der Waals surface area contributed by atoms with Crippen LogP contribution in [0.5, 0.6) is 0 Å². The van der Waals surface area contributed by atoms with Crippen molar-refractivity contribution in [2.24, 2.45) is 7.05 Å². The van der Waals surface area contributed by atoms with Gasteiger partial charge in [0.15, 0.2) is 5.69 Å². The van der Waals surface area contributed by atoms with Crippen LogP contribution in [0.4, 0.5) is 10.1 Å². The summed E-state index contributed by atoms with van der Waals surface area (Å²) >= 11 is 0. The van der Waals surface area contributed by atoms with Gasteiger partial charge in [0.1, 0.15) is 5.82 Å². The monoisotopic (exact) mass is 315 g/mol. The fourth-order valence-electron chi connectivity index (χ4n) is 2.33. The number of aromatic nitrogens is 4. The van der Waals surface area contributed by atoms with Gasteiger partial charge in [-0.3, -0.25) is 19.0 Å². The molecule has 0 aliphatic rings. The van der Waals surface area contributed by atoms with Gasteiger partial charge < -0.3 is 5.32 Å². The number of carbonyl (C=O) groups excluding carboxylic acids is 1. The molecule has 0 bridgehead atoms. The van der Waals surface area contributed by atoms with Crippen LogP contribution in [0.3, 0.4) is 0 Å². The van der Waals surface area contributed by atoms with Crippen LogP contribution < -0.4 is 10.7 Å². The van der Waals surface area contributed by atoms with Crippen molar-refractivity contribution in [2.75, 3.05) is 5.32 Å². The van der Waals surface area contributed by atoms with Gasteiger partial charge in [-0.05, 0) is 25.1 Å². The Bertz CT molecular complexity index is 960. The van der Waals surface area contributed by atoms with Gasteiger partial charge in [-0.1, -0.05) is 0 Å². The number of hydrogen-bond acceptors (Lipinski definition) is 4. The lowest BCUT2D eigenvalue weighted by Crippen LogP contribution is -2.27. The number of aryl methyl sites for hydroxylation is 2. The number of nitrogens with zero attached hydrogens (tertiary/aromatic N) is 4. The first-order valence-electron chi connectivity index (χ1n) is 7.00. The maximum atomic E-state index is 13.5. The third-order valence-electron chi connectivity index (χ3n) is 3.39. The zero-order valence-electron chi connectivity index (χ0n) is 12.6. The lowest BCUT2D eigenvalue weighted by atomic mass is 10.2. The predicted molar refractivity (Wildman–Crippen MR) is 82.8 cm³/mol. The highest BCUT2D eigenvalue weighted by Crippen LogP contribution is 2.13. The van der Waals surface area contributed by atoms with Gasteiger partial charge in [-0.25, -0.2) is 4.39 Å². The number of fused-ring (bicyclic) bond motifs is 1. The van der Waals surface area contributed by atoms with Gasteiger partial charge in [0, 0.05) is 19.8 Å². The molecule has 1 N–H and O–H groups in total. The van der Waals surface area contributed by atoms with Crippen LogP contribution >= 0.6 is 0 Å². The zero-order chi connectivity index (χ0) is 16.6. The number of amides is 1. The lowest BCUT2D eigenvalue weighted by molar-refractivity contribution is 0.101. The van der Waals surface area contributed by atoms with Gasteiger partial charge in [0.2, 0.25) is 5.43 Å². The van der Waals surface area contributed by atoms with Crippen LogP contribution in [0.15, 0.2) is 35.4 Å². The summed E-state index contributed by atoms with van der Waals surface area (Å²) in [7, 11) is 1.71. The van der Waals surface area contributed by atoms with Crippen molar-refractivity contribution in [3.05, 3.63) is 52.3 Å². The number of benzene rings is 1. The standard InChI is InChI=1S/C15H14FN5O2/c1-3-21-12-5-4-9(16)6-11(12)14(22)13(19-21)15(23)18-10-7-17-20(2)8-10/h4-8H,3H2,1-2H3,(H,18,23). The van der Waals surface area contributed by atoms with Gasteiger partial charge in [0.25, 0.3) is 5.91 Å². The highest BCUT2D eigenvalue weighted by Gasteiger charge is 2.18. The molecule has 1 aromatic carbocycles. The number of anilines is 1. The highest BCUT2D eigenvalue weighted by molar-refractivity contribution is 6.04. The average Bonchev–Trinajstić information content (AvgIpc) is 2.93. The lowest BCUT2D eigenvalue weighted by Gasteiger charge is -2.10. The molecule has 0 saturated carbocycles. The van der Waals surface area contributed by atoms with Crippen molar-refractivity contribution in [2.45, 2.75) is 13.5 Å². The van der Waals surface area contributed by atoms with E-state index in [1.807, 2.05) is 6.92 Å². The Kier molecular flexibility index (Phi) is 3.65. The molecule has 0 aliphatic heterocycles. The number of halogens is 1. The molecular weight excluding hydrogens is 301 g/mol. The first-order valence-corrected chi connectivity index (χ1v) is 7.00. The molecule has 1 amide bonds. The first kappa shape index (κ1) is 14.9. The Morgan fingerprint density at radius 3 is 2.83 bits per heavy atom. The molecule has 0 spiro atoms. The highest BCUT2D eigenvalue weighted by atomic mass is 19.1. The van der Waals surface area contributed by atoms with E-state index in [4.69, 9.17) is 0 Å². The summed E-state index contributed by atoms with van der Waals surface area (Å²) in [6.07, 6.45) is 3.05. The molecule has 0 atom stereocenters. The molecule has 23 heavy (non-hydrogen) atoms. The van der Waals surface area contributed by atoms with E-state index in [1.54, 1.807) is 13.2 Å². The Labute approximate surface area is 130 Å². The third kappa shape index (κ3) is 2.70. The topological polar surface area (TPSA) is 81.8 Å². The van der Waals surface area contributed by atoms with E-state index < -0.39 is 17.2 Å². The summed E-state index contributed by atoms with van der Waals surface area (Å²) in [6, 6.07) is 3.85. The SMILES string of the molecule is CCn1nc(C(=O)Nc2cnn(C)c2)c(=O)c2cc(F)ccc21. The van der Waals surface area contributed by atoms with Crippen molar-refractivity contribution in [1.82, 2.24) is 19.6 Å².